The van der Waals surface area contributed by atoms with Crippen LogP contribution in [-0.2, 0) is 10.3 Å². The van der Waals surface area contributed by atoms with Gasteiger partial charge >= 0.3 is 0 Å². The van der Waals surface area contributed by atoms with E-state index in [4.69, 9.17) is 0 Å². The van der Waals surface area contributed by atoms with Gasteiger partial charge in [0, 0.05) is 30.2 Å². The van der Waals surface area contributed by atoms with Crippen molar-refractivity contribution in [2.45, 2.75) is 31.7 Å². The Bertz CT molecular complexity index is 740. The largest absolute Gasteiger partial charge is 0.352 e. The summed E-state index contributed by atoms with van der Waals surface area (Å²) in [4.78, 5) is 25.0. The summed E-state index contributed by atoms with van der Waals surface area (Å²) in [6.45, 7) is 4.19. The first-order chi connectivity index (χ1) is 12.7. The van der Waals surface area contributed by atoms with Crippen molar-refractivity contribution in [1.29, 1.82) is 0 Å². The summed E-state index contributed by atoms with van der Waals surface area (Å²) < 4.78 is 1.76. The van der Waals surface area contributed by atoms with E-state index in [1.165, 1.54) is 0 Å². The molecule has 0 aliphatic carbocycles. The van der Waals surface area contributed by atoms with E-state index in [9.17, 15) is 9.59 Å². The number of aromatic nitrogens is 2. The summed E-state index contributed by atoms with van der Waals surface area (Å²) >= 11 is 0. The van der Waals surface area contributed by atoms with Gasteiger partial charge in [0.25, 0.3) is 11.8 Å². The van der Waals surface area contributed by atoms with Crippen molar-refractivity contribution < 1.29 is 9.59 Å². The van der Waals surface area contributed by atoms with Crippen molar-refractivity contribution in [1.82, 2.24) is 20.4 Å². The molecule has 1 saturated heterocycles. The Morgan fingerprint density at radius 2 is 1.93 bits per heavy atom. The number of benzene rings is 1. The van der Waals surface area contributed by atoms with Gasteiger partial charge in [-0.3, -0.25) is 14.3 Å². The molecule has 0 radical (unpaired) electrons. The number of rotatable bonds is 6. The second kappa shape index (κ2) is 9.53. The van der Waals surface area contributed by atoms with E-state index < -0.39 is 5.54 Å². The minimum absolute atomic E-state index is 0. The first-order valence-corrected chi connectivity index (χ1v) is 9.06. The van der Waals surface area contributed by atoms with Gasteiger partial charge in [0.2, 0.25) is 0 Å². The van der Waals surface area contributed by atoms with Crippen LogP contribution < -0.4 is 16.0 Å². The minimum atomic E-state index is -0.689. The third-order valence-electron chi connectivity index (χ3n) is 4.74. The fourth-order valence-electron chi connectivity index (χ4n) is 3.22. The van der Waals surface area contributed by atoms with Gasteiger partial charge in [0.15, 0.2) is 0 Å². The van der Waals surface area contributed by atoms with Gasteiger partial charge in [0.1, 0.15) is 5.54 Å². The van der Waals surface area contributed by atoms with Crippen molar-refractivity contribution in [3.05, 3.63) is 48.3 Å². The number of halogens is 1. The first kappa shape index (κ1) is 20.9. The van der Waals surface area contributed by atoms with Crippen molar-refractivity contribution in [2.24, 2.45) is 0 Å². The molecule has 2 heterocycles. The second-order valence-electron chi connectivity index (χ2n) is 6.52. The zero-order valence-electron chi connectivity index (χ0n) is 15.4. The molecule has 0 saturated carbocycles. The molecule has 1 aromatic heterocycles. The summed E-state index contributed by atoms with van der Waals surface area (Å²) in [7, 11) is 0. The fraction of sp³-hybridized carbons (Fsp3) is 0.421. The average molecular weight is 392 g/mol. The summed E-state index contributed by atoms with van der Waals surface area (Å²) in [5, 5.41) is 13.4. The van der Waals surface area contributed by atoms with Crippen LogP contribution in [0.1, 0.15) is 36.5 Å². The molecular weight excluding hydrogens is 366 g/mol. The maximum absolute atomic E-state index is 13.1. The molecule has 0 unspecified atom stereocenters. The van der Waals surface area contributed by atoms with Gasteiger partial charge < -0.3 is 16.0 Å². The van der Waals surface area contributed by atoms with Gasteiger partial charge in [-0.15, -0.1) is 12.4 Å². The standard InChI is InChI=1S/C19H25N5O2.ClH/c1-2-10-21-17(25)15-4-6-16(7-5-15)23-18(26)19(8-12-20-13-9-19)24-14-3-11-22-24;/h3-7,11,14,20H,2,8-10,12-13H2,1H3,(H,21,25)(H,23,26);1H. The van der Waals surface area contributed by atoms with E-state index in [0.717, 1.165) is 19.5 Å². The van der Waals surface area contributed by atoms with E-state index >= 15 is 0 Å². The molecule has 0 bridgehead atoms. The Labute approximate surface area is 165 Å². The van der Waals surface area contributed by atoms with Crippen LogP contribution in [0.25, 0.3) is 0 Å². The molecule has 146 valence electrons. The summed E-state index contributed by atoms with van der Waals surface area (Å²) in [5.74, 6) is -0.179. The van der Waals surface area contributed by atoms with Gasteiger partial charge in [-0.25, -0.2) is 0 Å². The lowest BCUT2D eigenvalue weighted by molar-refractivity contribution is -0.126. The first-order valence-electron chi connectivity index (χ1n) is 9.06. The molecule has 27 heavy (non-hydrogen) atoms. The lowest BCUT2D eigenvalue weighted by atomic mass is 9.87. The maximum atomic E-state index is 13.1. The van der Waals surface area contributed by atoms with Crippen LogP contribution in [0.15, 0.2) is 42.7 Å². The van der Waals surface area contributed by atoms with Crippen LogP contribution in [-0.4, -0.2) is 41.2 Å². The molecule has 3 rings (SSSR count). The van der Waals surface area contributed by atoms with E-state index in [0.29, 0.717) is 30.6 Å². The number of amides is 2. The molecule has 3 N–H and O–H groups in total. The van der Waals surface area contributed by atoms with Crippen LogP contribution in [0.3, 0.4) is 0 Å². The maximum Gasteiger partial charge on any atom is 0.252 e. The van der Waals surface area contributed by atoms with Crippen LogP contribution in [0, 0.1) is 0 Å². The van der Waals surface area contributed by atoms with E-state index in [1.54, 1.807) is 35.1 Å². The van der Waals surface area contributed by atoms with Crippen LogP contribution >= 0.6 is 12.4 Å². The molecule has 2 amide bonds. The topological polar surface area (TPSA) is 88.1 Å². The zero-order valence-corrected chi connectivity index (χ0v) is 16.2. The highest BCUT2D eigenvalue weighted by molar-refractivity contribution is 5.98. The quantitative estimate of drug-likeness (QED) is 0.704. The summed E-state index contributed by atoms with van der Waals surface area (Å²) in [6.07, 6.45) is 5.78. The fourth-order valence-corrected chi connectivity index (χ4v) is 3.22. The van der Waals surface area contributed by atoms with Gasteiger partial charge in [0.05, 0.1) is 0 Å². The SMILES string of the molecule is CCCNC(=O)c1ccc(NC(=O)C2(n3cccn3)CCNCC2)cc1.Cl. The van der Waals surface area contributed by atoms with Crippen molar-refractivity contribution in [3.63, 3.8) is 0 Å². The zero-order chi connectivity index (χ0) is 18.4. The van der Waals surface area contributed by atoms with Crippen molar-refractivity contribution in [2.75, 3.05) is 25.0 Å². The van der Waals surface area contributed by atoms with Crippen LogP contribution in [0.5, 0.6) is 0 Å². The molecule has 8 heteroatoms. The Kier molecular flexibility index (Phi) is 7.38. The molecule has 1 aliphatic rings. The van der Waals surface area contributed by atoms with Gasteiger partial charge in [-0.05, 0) is 62.7 Å². The third kappa shape index (κ3) is 4.67. The van der Waals surface area contributed by atoms with Crippen LogP contribution in [0.4, 0.5) is 5.69 Å². The highest BCUT2D eigenvalue weighted by Crippen LogP contribution is 2.28. The summed E-state index contributed by atoms with van der Waals surface area (Å²) in [6, 6.07) is 8.81. The number of hydrogen-bond acceptors (Lipinski definition) is 4. The lowest BCUT2D eigenvalue weighted by Crippen LogP contribution is -2.52. The lowest BCUT2D eigenvalue weighted by Gasteiger charge is -2.36. The van der Waals surface area contributed by atoms with Crippen LogP contribution in [0.2, 0.25) is 0 Å². The molecule has 1 fully saturated rings. The number of carbonyl (C=O) groups is 2. The normalized spacial score (nSPS) is 15.4. The highest BCUT2D eigenvalue weighted by atomic mass is 35.5. The molecule has 7 nitrogen and oxygen atoms in total. The molecule has 2 aromatic rings. The number of nitrogens with zero attached hydrogens (tertiary/aromatic N) is 2. The Morgan fingerprint density at radius 3 is 2.52 bits per heavy atom. The molecule has 0 atom stereocenters. The number of carbonyl (C=O) groups excluding carboxylic acids is 2. The Balaban J connectivity index is 0.00000261. The summed E-state index contributed by atoms with van der Waals surface area (Å²) in [5.41, 5.74) is 0.568. The highest BCUT2D eigenvalue weighted by Gasteiger charge is 2.42. The molecule has 1 aliphatic heterocycles. The monoisotopic (exact) mass is 391 g/mol. The second-order valence-corrected chi connectivity index (χ2v) is 6.52. The van der Waals surface area contributed by atoms with E-state index in [1.807, 2.05) is 19.2 Å². The molecule has 0 spiro atoms. The Hall–Kier alpha value is -2.38. The van der Waals surface area contributed by atoms with Crippen molar-refractivity contribution in [3.8, 4) is 0 Å². The third-order valence-corrected chi connectivity index (χ3v) is 4.74. The van der Waals surface area contributed by atoms with Crippen molar-refractivity contribution >= 4 is 29.9 Å². The average Bonchev–Trinajstić information content (AvgIpc) is 3.22. The predicted octanol–water partition coefficient (Wildman–Crippen LogP) is 2.16. The predicted molar refractivity (Wildman–Crippen MR) is 107 cm³/mol. The minimum Gasteiger partial charge on any atom is -0.352 e. The van der Waals surface area contributed by atoms with E-state index in [2.05, 4.69) is 21.0 Å². The number of nitrogens with one attached hydrogen (secondary N) is 3. The smallest absolute Gasteiger partial charge is 0.252 e. The number of piperidine rings is 1. The van der Waals surface area contributed by atoms with E-state index in [-0.39, 0.29) is 24.2 Å². The molecule has 1 aromatic carbocycles. The Morgan fingerprint density at radius 1 is 1.22 bits per heavy atom. The number of hydrogen-bond donors (Lipinski definition) is 3. The van der Waals surface area contributed by atoms with Gasteiger partial charge in [-0.1, -0.05) is 6.92 Å². The number of anilines is 1. The van der Waals surface area contributed by atoms with Gasteiger partial charge in [-0.2, -0.15) is 5.10 Å². The molecular formula is C19H26ClN5O2.